The maximum atomic E-state index is 13.2. The number of amides is 3. The summed E-state index contributed by atoms with van der Waals surface area (Å²) in [5.41, 5.74) is 1.30. The number of fused-ring (bicyclic) bond motifs is 1. The summed E-state index contributed by atoms with van der Waals surface area (Å²) in [6, 6.07) is 10.3. The highest BCUT2D eigenvalue weighted by molar-refractivity contribution is 7.89. The molecule has 1 fully saturated rings. The van der Waals surface area contributed by atoms with E-state index in [1.54, 1.807) is 30.3 Å². The lowest BCUT2D eigenvalue weighted by atomic mass is 10.2. The van der Waals surface area contributed by atoms with Gasteiger partial charge in [-0.25, -0.2) is 17.5 Å². The number of rotatable bonds is 5. The number of hydrogen-bond acceptors (Lipinski definition) is 6. The van der Waals surface area contributed by atoms with Gasteiger partial charge in [0.2, 0.25) is 12.7 Å². The first-order chi connectivity index (χ1) is 14.8. The number of sulfonamides is 1. The summed E-state index contributed by atoms with van der Waals surface area (Å²) in [6.45, 7) is 2.22. The first kappa shape index (κ1) is 21.0. The van der Waals surface area contributed by atoms with E-state index in [9.17, 15) is 18.0 Å². The number of urea groups is 1. The molecule has 2 aliphatic rings. The summed E-state index contributed by atoms with van der Waals surface area (Å²) in [4.78, 5) is 27.2. The van der Waals surface area contributed by atoms with E-state index < -0.39 is 28.5 Å². The van der Waals surface area contributed by atoms with Crippen molar-refractivity contribution in [3.05, 3.63) is 48.0 Å². The van der Waals surface area contributed by atoms with E-state index in [0.29, 0.717) is 34.6 Å². The van der Waals surface area contributed by atoms with Crippen LogP contribution in [-0.2, 0) is 14.8 Å². The number of anilines is 1. The molecule has 1 saturated heterocycles. The molecule has 2 heterocycles. The maximum absolute atomic E-state index is 13.2. The third-order valence-corrected chi connectivity index (χ3v) is 6.88. The monoisotopic (exact) mass is 445 g/mol. The van der Waals surface area contributed by atoms with Gasteiger partial charge in [0, 0.05) is 24.8 Å². The molecule has 4 rings (SSSR count). The van der Waals surface area contributed by atoms with Crippen LogP contribution in [-0.4, -0.2) is 56.0 Å². The largest absolute Gasteiger partial charge is 0.454 e. The fraction of sp³-hybridized carbons (Fsp3) is 0.333. The molecule has 164 valence electrons. The van der Waals surface area contributed by atoms with Crippen LogP contribution >= 0.6 is 0 Å². The molecule has 0 aliphatic carbocycles. The predicted octanol–water partition coefficient (Wildman–Crippen LogP) is 2.57. The Labute approximate surface area is 180 Å². The zero-order chi connectivity index (χ0) is 22.0. The number of nitrogens with one attached hydrogen (secondary N) is 1. The smallest absolute Gasteiger partial charge is 0.334 e. The molecule has 0 aromatic heterocycles. The molecule has 0 radical (unpaired) electrons. The van der Waals surface area contributed by atoms with Gasteiger partial charge in [-0.3, -0.25) is 4.79 Å². The average Bonchev–Trinajstić information content (AvgIpc) is 3.43. The minimum Gasteiger partial charge on any atom is -0.454 e. The van der Waals surface area contributed by atoms with Gasteiger partial charge in [-0.2, -0.15) is 0 Å². The fourth-order valence-electron chi connectivity index (χ4n) is 3.46. The van der Waals surface area contributed by atoms with Gasteiger partial charge in [-0.1, -0.05) is 17.7 Å². The van der Waals surface area contributed by atoms with E-state index >= 15 is 0 Å². The van der Waals surface area contributed by atoms with Gasteiger partial charge in [0.25, 0.3) is 10.0 Å². The van der Waals surface area contributed by atoms with Crippen LogP contribution in [0.15, 0.2) is 47.4 Å². The number of carbonyl (C=O) groups excluding carboxylic acids is 2. The standard InChI is InChI=1S/C21H23N3O6S/c1-15-4-7-17(8-5-15)31(27,28)24(21(26)23-10-2-3-11-23)13-20(25)22-16-6-9-18-19(12-16)30-14-29-18/h4-9,12H,2-3,10-11,13-14H2,1H3,(H,22,25). The fourth-order valence-corrected chi connectivity index (χ4v) is 4.81. The molecule has 9 nitrogen and oxygen atoms in total. The minimum absolute atomic E-state index is 0.0403. The molecule has 0 bridgehead atoms. The Bertz CT molecular complexity index is 1090. The molecule has 0 saturated carbocycles. The van der Waals surface area contributed by atoms with Crippen molar-refractivity contribution in [1.29, 1.82) is 0 Å². The molecule has 31 heavy (non-hydrogen) atoms. The summed E-state index contributed by atoms with van der Waals surface area (Å²) in [5, 5.41) is 2.63. The number of nitrogens with zero attached hydrogens (tertiary/aromatic N) is 2. The van der Waals surface area contributed by atoms with E-state index in [-0.39, 0.29) is 11.7 Å². The highest BCUT2D eigenvalue weighted by Gasteiger charge is 2.35. The van der Waals surface area contributed by atoms with Crippen molar-refractivity contribution in [2.75, 3.05) is 31.7 Å². The van der Waals surface area contributed by atoms with Crippen LogP contribution in [0, 0.1) is 6.92 Å². The summed E-state index contributed by atoms with van der Waals surface area (Å²) < 4.78 is 37.7. The number of aryl methyl sites for hydroxylation is 1. The lowest BCUT2D eigenvalue weighted by molar-refractivity contribution is -0.116. The van der Waals surface area contributed by atoms with E-state index in [2.05, 4.69) is 5.32 Å². The molecule has 2 aromatic carbocycles. The molecule has 0 unspecified atom stereocenters. The number of carbonyl (C=O) groups is 2. The van der Waals surface area contributed by atoms with Crippen molar-refractivity contribution in [1.82, 2.24) is 9.21 Å². The molecule has 2 aliphatic heterocycles. The van der Waals surface area contributed by atoms with Crippen molar-refractivity contribution >= 4 is 27.6 Å². The van der Waals surface area contributed by atoms with E-state index in [4.69, 9.17) is 9.47 Å². The lowest BCUT2D eigenvalue weighted by Crippen LogP contribution is -2.48. The number of benzene rings is 2. The summed E-state index contributed by atoms with van der Waals surface area (Å²) in [5.74, 6) is 0.406. The van der Waals surface area contributed by atoms with E-state index in [1.165, 1.54) is 17.0 Å². The molecule has 0 spiro atoms. The third kappa shape index (κ3) is 4.43. The summed E-state index contributed by atoms with van der Waals surface area (Å²) in [6.07, 6.45) is 1.60. The second-order valence-electron chi connectivity index (χ2n) is 7.42. The zero-order valence-corrected chi connectivity index (χ0v) is 17.9. The van der Waals surface area contributed by atoms with Crippen molar-refractivity contribution in [3.8, 4) is 11.5 Å². The van der Waals surface area contributed by atoms with Crippen molar-refractivity contribution in [2.24, 2.45) is 0 Å². The molecular weight excluding hydrogens is 422 g/mol. The Hall–Kier alpha value is -3.27. The van der Waals surface area contributed by atoms with Crippen LogP contribution in [0.4, 0.5) is 10.5 Å². The summed E-state index contributed by atoms with van der Waals surface area (Å²) in [7, 11) is -4.21. The Kier molecular flexibility index (Phi) is 5.73. The van der Waals surface area contributed by atoms with Crippen LogP contribution in [0.1, 0.15) is 18.4 Å². The lowest BCUT2D eigenvalue weighted by Gasteiger charge is -2.27. The number of likely N-dealkylation sites (tertiary alicyclic amines) is 1. The van der Waals surface area contributed by atoms with Gasteiger partial charge in [0.1, 0.15) is 6.54 Å². The first-order valence-electron chi connectivity index (χ1n) is 9.92. The number of ether oxygens (including phenoxy) is 2. The molecule has 10 heteroatoms. The van der Waals surface area contributed by atoms with Crippen LogP contribution in [0.25, 0.3) is 0 Å². The van der Waals surface area contributed by atoms with E-state index in [1.807, 2.05) is 6.92 Å². The highest BCUT2D eigenvalue weighted by Crippen LogP contribution is 2.34. The summed E-state index contributed by atoms with van der Waals surface area (Å²) >= 11 is 0. The normalized spacial score (nSPS) is 15.1. The average molecular weight is 445 g/mol. The Balaban J connectivity index is 1.57. The van der Waals surface area contributed by atoms with Crippen LogP contribution in [0.3, 0.4) is 0 Å². The maximum Gasteiger partial charge on any atom is 0.334 e. The molecular formula is C21H23N3O6S. The van der Waals surface area contributed by atoms with Gasteiger partial charge in [-0.15, -0.1) is 0 Å². The van der Waals surface area contributed by atoms with Crippen LogP contribution < -0.4 is 14.8 Å². The molecule has 2 aromatic rings. The number of hydrogen-bond donors (Lipinski definition) is 1. The second kappa shape index (κ2) is 8.46. The van der Waals surface area contributed by atoms with Crippen LogP contribution in [0.2, 0.25) is 0 Å². The predicted molar refractivity (Wildman–Crippen MR) is 112 cm³/mol. The van der Waals surface area contributed by atoms with E-state index in [0.717, 1.165) is 18.4 Å². The van der Waals surface area contributed by atoms with Crippen molar-refractivity contribution in [3.63, 3.8) is 0 Å². The molecule has 0 atom stereocenters. The van der Waals surface area contributed by atoms with Crippen molar-refractivity contribution in [2.45, 2.75) is 24.7 Å². The zero-order valence-electron chi connectivity index (χ0n) is 17.0. The quantitative estimate of drug-likeness (QED) is 0.758. The van der Waals surface area contributed by atoms with Gasteiger partial charge in [0.15, 0.2) is 11.5 Å². The second-order valence-corrected chi connectivity index (χ2v) is 9.28. The topological polar surface area (TPSA) is 105 Å². The van der Waals surface area contributed by atoms with Gasteiger partial charge in [0.05, 0.1) is 4.90 Å². The van der Waals surface area contributed by atoms with Crippen molar-refractivity contribution < 1.29 is 27.5 Å². The highest BCUT2D eigenvalue weighted by atomic mass is 32.2. The van der Waals surface area contributed by atoms with Gasteiger partial charge in [-0.05, 0) is 44.0 Å². The minimum atomic E-state index is -4.21. The first-order valence-corrected chi connectivity index (χ1v) is 11.4. The SMILES string of the molecule is Cc1ccc(S(=O)(=O)N(CC(=O)Nc2ccc3c(c2)OCO3)C(=O)N2CCCC2)cc1. The third-order valence-electron chi connectivity index (χ3n) is 5.14. The van der Waals surface area contributed by atoms with Gasteiger partial charge < -0.3 is 19.7 Å². The molecule has 3 amide bonds. The Morgan fingerprint density at radius 3 is 2.42 bits per heavy atom. The Morgan fingerprint density at radius 2 is 1.71 bits per heavy atom. The van der Waals surface area contributed by atoms with Gasteiger partial charge >= 0.3 is 6.03 Å². The Morgan fingerprint density at radius 1 is 1.03 bits per heavy atom. The van der Waals surface area contributed by atoms with Crippen LogP contribution in [0.5, 0.6) is 11.5 Å². The molecule has 1 N–H and O–H groups in total.